The monoisotopic (exact) mass is 283 g/mol. The molecule has 0 saturated heterocycles. The zero-order chi connectivity index (χ0) is 13.8. The van der Waals surface area contributed by atoms with Crippen molar-refractivity contribution < 1.29 is 0 Å². The summed E-state index contributed by atoms with van der Waals surface area (Å²) in [7, 11) is 0. The molecule has 0 saturated carbocycles. The van der Waals surface area contributed by atoms with Crippen molar-refractivity contribution in [3.8, 4) is 0 Å². The molecule has 3 aromatic rings. The van der Waals surface area contributed by atoms with Gasteiger partial charge in [-0.1, -0.05) is 37.3 Å². The van der Waals surface area contributed by atoms with Crippen LogP contribution in [-0.2, 0) is 0 Å². The van der Waals surface area contributed by atoms with Crippen molar-refractivity contribution in [3.05, 3.63) is 53.7 Å². The first-order chi connectivity index (χ1) is 9.84. The Morgan fingerprint density at radius 1 is 1.15 bits per heavy atom. The molecule has 0 aliphatic rings. The highest BCUT2D eigenvalue weighted by Gasteiger charge is 2.07. The molecule has 0 aliphatic carbocycles. The third-order valence-electron chi connectivity index (χ3n) is 3.48. The second-order valence-electron chi connectivity index (χ2n) is 4.88. The molecule has 0 aliphatic heterocycles. The second-order valence-corrected chi connectivity index (χ2v) is 5.80. The summed E-state index contributed by atoms with van der Waals surface area (Å²) in [6.07, 6.45) is 2.71. The molecule has 0 spiro atoms. The van der Waals surface area contributed by atoms with E-state index in [0.29, 0.717) is 5.92 Å². The summed E-state index contributed by atoms with van der Waals surface area (Å²) in [6, 6.07) is 12.7. The Kier molecular flexibility index (Phi) is 3.92. The van der Waals surface area contributed by atoms with Crippen molar-refractivity contribution in [2.75, 3.05) is 11.9 Å². The lowest BCUT2D eigenvalue weighted by Gasteiger charge is -2.12. The number of anilines is 1. The van der Waals surface area contributed by atoms with Crippen LogP contribution < -0.4 is 5.32 Å². The van der Waals surface area contributed by atoms with E-state index in [1.54, 1.807) is 17.7 Å². The molecular formula is C16H17N3S. The highest BCUT2D eigenvalue weighted by molar-refractivity contribution is 7.17. The van der Waals surface area contributed by atoms with Gasteiger partial charge in [-0.2, -0.15) is 0 Å². The van der Waals surface area contributed by atoms with Gasteiger partial charge in [-0.3, -0.25) is 0 Å². The van der Waals surface area contributed by atoms with Crippen LogP contribution in [0.3, 0.4) is 0 Å². The summed E-state index contributed by atoms with van der Waals surface area (Å²) in [4.78, 5) is 8.59. The Hall–Kier alpha value is -1.94. The number of fused-ring (bicyclic) bond motifs is 1. The van der Waals surface area contributed by atoms with Crippen molar-refractivity contribution in [3.63, 3.8) is 0 Å². The van der Waals surface area contributed by atoms with Crippen LogP contribution in [0.1, 0.15) is 24.8 Å². The molecule has 3 nitrogen and oxygen atoms in total. The number of hydrogen-bond donors (Lipinski definition) is 1. The largest absolute Gasteiger partial charge is 0.369 e. The first kappa shape index (κ1) is 13.1. The minimum Gasteiger partial charge on any atom is -0.369 e. The van der Waals surface area contributed by atoms with Gasteiger partial charge in [0.05, 0.1) is 10.2 Å². The minimum absolute atomic E-state index is 0.546. The summed E-state index contributed by atoms with van der Waals surface area (Å²) in [6.45, 7) is 3.18. The number of hydrogen-bond acceptors (Lipinski definition) is 4. The average Bonchev–Trinajstić information content (AvgIpc) is 2.97. The normalized spacial score (nSPS) is 12.4. The van der Waals surface area contributed by atoms with E-state index in [9.17, 15) is 0 Å². The van der Waals surface area contributed by atoms with Gasteiger partial charge in [-0.15, -0.1) is 11.3 Å². The van der Waals surface area contributed by atoms with Crippen LogP contribution in [0.25, 0.3) is 10.2 Å². The fraction of sp³-hybridized carbons (Fsp3) is 0.250. The lowest BCUT2D eigenvalue weighted by atomic mass is 9.98. The van der Waals surface area contributed by atoms with Gasteiger partial charge < -0.3 is 5.32 Å². The minimum atomic E-state index is 0.546. The number of thiophene rings is 1. The molecule has 0 bridgehead atoms. The molecule has 1 N–H and O–H groups in total. The Morgan fingerprint density at radius 2 is 2.00 bits per heavy atom. The standard InChI is InChI=1S/C16H17N3S/c1-12(13-5-3-2-4-6-13)7-9-17-16-15-14(8-10-20-15)18-11-19-16/h2-6,8,10-12H,7,9H2,1H3,(H,17,18,19). The average molecular weight is 283 g/mol. The van der Waals surface area contributed by atoms with Crippen molar-refractivity contribution in [2.24, 2.45) is 0 Å². The summed E-state index contributed by atoms with van der Waals surface area (Å²) in [5, 5.41) is 5.49. The van der Waals surface area contributed by atoms with Crippen LogP contribution in [0.2, 0.25) is 0 Å². The van der Waals surface area contributed by atoms with Gasteiger partial charge in [-0.05, 0) is 29.3 Å². The molecule has 102 valence electrons. The van der Waals surface area contributed by atoms with Crippen LogP contribution in [0.5, 0.6) is 0 Å². The highest BCUT2D eigenvalue weighted by atomic mass is 32.1. The fourth-order valence-corrected chi connectivity index (χ4v) is 3.08. The van der Waals surface area contributed by atoms with Crippen LogP contribution in [0.4, 0.5) is 5.82 Å². The zero-order valence-corrected chi connectivity index (χ0v) is 12.2. The first-order valence-corrected chi connectivity index (χ1v) is 7.69. The van der Waals surface area contributed by atoms with Crippen molar-refractivity contribution in [2.45, 2.75) is 19.3 Å². The number of rotatable bonds is 5. The van der Waals surface area contributed by atoms with Crippen molar-refractivity contribution in [1.82, 2.24) is 9.97 Å². The smallest absolute Gasteiger partial charge is 0.147 e. The number of nitrogens with one attached hydrogen (secondary N) is 1. The van der Waals surface area contributed by atoms with Crippen LogP contribution >= 0.6 is 11.3 Å². The lowest BCUT2D eigenvalue weighted by molar-refractivity contribution is 0.705. The van der Waals surface area contributed by atoms with Gasteiger partial charge in [0.15, 0.2) is 0 Å². The summed E-state index contributed by atoms with van der Waals surface area (Å²) >= 11 is 1.68. The third-order valence-corrected chi connectivity index (χ3v) is 4.39. The molecule has 4 heteroatoms. The summed E-state index contributed by atoms with van der Waals surface area (Å²) in [5.74, 6) is 1.50. The Labute approximate surface area is 122 Å². The maximum Gasteiger partial charge on any atom is 0.147 e. The maximum atomic E-state index is 4.34. The summed E-state index contributed by atoms with van der Waals surface area (Å²) < 4.78 is 1.14. The number of nitrogens with zero attached hydrogens (tertiary/aromatic N) is 2. The predicted octanol–water partition coefficient (Wildman–Crippen LogP) is 4.30. The zero-order valence-electron chi connectivity index (χ0n) is 11.4. The van der Waals surface area contributed by atoms with Gasteiger partial charge >= 0.3 is 0 Å². The van der Waals surface area contributed by atoms with Crippen LogP contribution in [0, 0.1) is 0 Å². The van der Waals surface area contributed by atoms with Gasteiger partial charge in [0.2, 0.25) is 0 Å². The van der Waals surface area contributed by atoms with Crippen LogP contribution in [0.15, 0.2) is 48.1 Å². The Balaban J connectivity index is 1.61. The van der Waals surface area contributed by atoms with E-state index in [0.717, 1.165) is 29.0 Å². The van der Waals surface area contributed by atoms with E-state index in [1.807, 2.05) is 6.07 Å². The van der Waals surface area contributed by atoms with E-state index in [-0.39, 0.29) is 0 Å². The fourth-order valence-electron chi connectivity index (χ4n) is 2.27. The Bertz CT molecular complexity index is 678. The van der Waals surface area contributed by atoms with Crippen molar-refractivity contribution in [1.29, 1.82) is 0 Å². The van der Waals surface area contributed by atoms with E-state index >= 15 is 0 Å². The van der Waals surface area contributed by atoms with Gasteiger partial charge in [-0.25, -0.2) is 9.97 Å². The quantitative estimate of drug-likeness (QED) is 0.758. The van der Waals surface area contributed by atoms with Crippen molar-refractivity contribution >= 4 is 27.4 Å². The molecule has 2 aromatic heterocycles. The van der Waals surface area contributed by atoms with E-state index in [4.69, 9.17) is 0 Å². The molecule has 1 aromatic carbocycles. The topological polar surface area (TPSA) is 37.8 Å². The lowest BCUT2D eigenvalue weighted by Crippen LogP contribution is -2.07. The molecule has 0 amide bonds. The summed E-state index contributed by atoms with van der Waals surface area (Å²) in [5.41, 5.74) is 2.40. The molecule has 2 heterocycles. The van der Waals surface area contributed by atoms with Gasteiger partial charge in [0.25, 0.3) is 0 Å². The molecule has 0 fully saturated rings. The molecular weight excluding hydrogens is 266 g/mol. The number of aromatic nitrogens is 2. The molecule has 20 heavy (non-hydrogen) atoms. The Morgan fingerprint density at radius 3 is 2.85 bits per heavy atom. The molecule has 0 radical (unpaired) electrons. The SMILES string of the molecule is CC(CCNc1ncnc2ccsc12)c1ccccc1. The maximum absolute atomic E-state index is 4.34. The third kappa shape index (κ3) is 2.80. The first-order valence-electron chi connectivity index (χ1n) is 6.81. The van der Waals surface area contributed by atoms with Gasteiger partial charge in [0, 0.05) is 6.54 Å². The molecule has 1 atom stereocenters. The highest BCUT2D eigenvalue weighted by Crippen LogP contribution is 2.25. The molecule has 3 rings (SSSR count). The number of benzene rings is 1. The second kappa shape index (κ2) is 6.01. The molecule has 1 unspecified atom stereocenters. The van der Waals surface area contributed by atoms with Gasteiger partial charge in [0.1, 0.15) is 12.1 Å². The van der Waals surface area contributed by atoms with Crippen LogP contribution in [-0.4, -0.2) is 16.5 Å². The van der Waals surface area contributed by atoms with E-state index in [2.05, 4.69) is 57.9 Å². The van der Waals surface area contributed by atoms with E-state index < -0.39 is 0 Å². The predicted molar refractivity (Wildman–Crippen MR) is 85.4 cm³/mol. The van der Waals surface area contributed by atoms with E-state index in [1.165, 1.54) is 5.56 Å².